The highest BCUT2D eigenvalue weighted by Crippen LogP contribution is 2.62. The molecule has 0 saturated heterocycles. The molecule has 56 heavy (non-hydrogen) atoms. The van der Waals surface area contributed by atoms with Crippen molar-refractivity contribution < 1.29 is 133 Å². The number of rotatable bonds is 17. The summed E-state index contributed by atoms with van der Waals surface area (Å²) in [6, 6.07) is 4.89. The predicted octanol–water partition coefficient (Wildman–Crippen LogP) is 10.4. The first kappa shape index (κ1) is 50.1. The van der Waals surface area contributed by atoms with Crippen LogP contribution in [0.25, 0.3) is 6.08 Å². The van der Waals surface area contributed by atoms with Crippen molar-refractivity contribution in [1.82, 2.24) is 0 Å². The molecular weight excluding hydrogens is 870 g/mol. The molecule has 30 heteroatoms. The lowest BCUT2D eigenvalue weighted by Gasteiger charge is -2.39. The van der Waals surface area contributed by atoms with Crippen LogP contribution in [-0.2, 0) is 19.1 Å². The summed E-state index contributed by atoms with van der Waals surface area (Å²) in [5.74, 6) is -83.9. The van der Waals surface area contributed by atoms with Gasteiger partial charge >= 0.3 is 83.5 Å². The number of ether oxygens (including phenoxy) is 2. The van der Waals surface area contributed by atoms with E-state index in [0.717, 1.165) is 30.3 Å². The van der Waals surface area contributed by atoms with Crippen molar-refractivity contribution in [2.24, 2.45) is 0 Å². The number of alkyl halides is 26. The Bertz CT molecular complexity index is 1480. The third-order valence-electron chi connectivity index (χ3n) is 6.85. The predicted molar refractivity (Wildman–Crippen MR) is 127 cm³/mol. The average molecular weight is 884 g/mol. The van der Waals surface area contributed by atoms with Crippen LogP contribution in [-0.4, -0.2) is 96.7 Å². The topological polar surface area (TPSA) is 52.6 Å². The maximum Gasteiger partial charge on any atom is 0.460 e. The second kappa shape index (κ2) is 15.1. The van der Waals surface area contributed by atoms with Crippen LogP contribution in [0.3, 0.4) is 0 Å². The smallest absolute Gasteiger partial charge is 0.460 e. The number of carbonyl (C=O) groups excluding carboxylic acids is 2. The number of hydrogen-bond donors (Lipinski definition) is 0. The quantitative estimate of drug-likeness (QED) is 0.0514. The van der Waals surface area contributed by atoms with Gasteiger partial charge in [0.05, 0.1) is 26.1 Å². The molecule has 0 amide bonds. The van der Waals surface area contributed by atoms with Crippen molar-refractivity contribution in [1.29, 1.82) is 0 Å². The number of halogens is 26. The third-order valence-corrected chi connectivity index (χ3v) is 6.85. The number of benzene rings is 1. The van der Waals surface area contributed by atoms with Crippen molar-refractivity contribution in [3.63, 3.8) is 0 Å². The molecule has 0 aliphatic carbocycles. The van der Waals surface area contributed by atoms with Crippen molar-refractivity contribution >= 4 is 18.0 Å². The molecule has 0 atom stereocenters. The maximum absolute atomic E-state index is 14.0. The van der Waals surface area contributed by atoms with Gasteiger partial charge in [0.2, 0.25) is 0 Å². The molecule has 0 aromatic heterocycles. The van der Waals surface area contributed by atoms with Crippen LogP contribution in [0.5, 0.6) is 0 Å². The Morgan fingerprint density at radius 2 is 0.679 bits per heavy atom. The summed E-state index contributed by atoms with van der Waals surface area (Å²) in [5.41, 5.74) is -2.41. The molecule has 0 aliphatic rings. The minimum atomic E-state index is -8.32. The van der Waals surface area contributed by atoms with E-state index in [1.165, 1.54) is 0 Å². The molecule has 0 N–H and O–H groups in total. The molecule has 1 aromatic carbocycles. The number of hydrogen-bond acceptors (Lipinski definition) is 4. The van der Waals surface area contributed by atoms with E-state index in [4.69, 9.17) is 0 Å². The van der Waals surface area contributed by atoms with Gasteiger partial charge in [-0.25, -0.2) is 9.59 Å². The van der Waals surface area contributed by atoms with Crippen LogP contribution in [0.2, 0.25) is 0 Å². The van der Waals surface area contributed by atoms with Gasteiger partial charge in [0, 0.05) is 0 Å². The van der Waals surface area contributed by atoms with Crippen molar-refractivity contribution in [3.05, 3.63) is 41.5 Å². The number of esters is 2. The van der Waals surface area contributed by atoms with E-state index in [2.05, 4.69) is 9.47 Å². The molecule has 0 heterocycles. The Morgan fingerprint density at radius 3 is 0.946 bits per heavy atom. The summed E-state index contributed by atoms with van der Waals surface area (Å²) in [6.45, 7) is -5.07. The second-order valence-electron chi connectivity index (χ2n) is 10.7. The first-order valence-electron chi connectivity index (χ1n) is 13.5. The molecule has 1 rings (SSSR count). The minimum Gasteiger partial charge on any atom is -0.462 e. The van der Waals surface area contributed by atoms with Crippen LogP contribution in [0, 0.1) is 0 Å². The zero-order valence-corrected chi connectivity index (χ0v) is 25.8. The number of carbonyl (C=O) groups is 2. The highest BCUT2D eigenvalue weighted by Gasteiger charge is 2.92. The van der Waals surface area contributed by atoms with Gasteiger partial charge in [0.1, 0.15) is 5.57 Å². The molecule has 1 aromatic rings. The molecule has 4 nitrogen and oxygen atoms in total. The Hall–Kier alpha value is -3.92. The molecule has 0 bridgehead atoms. The molecule has 0 radical (unpaired) electrons. The Kier molecular flexibility index (Phi) is 13.5. The van der Waals surface area contributed by atoms with E-state index in [1.54, 1.807) is 0 Å². The normalized spacial score (nSPS) is 15.0. The largest absolute Gasteiger partial charge is 0.462 e. The van der Waals surface area contributed by atoms with Gasteiger partial charge in [0.25, 0.3) is 0 Å². The van der Waals surface area contributed by atoms with Gasteiger partial charge in [-0.3, -0.25) is 0 Å². The standard InChI is InChI=1S/C26H14F26O4/c27-15(28,17(31,32)19(35,36)21(39,40)23(43,44)25(47,48)49)6-8-55-13(53)12(10-11-4-2-1-3-5-11)14(54)56-9-7-16(29,30)18(33,34)20(37,38)22(41,42)24(45,46)26(50,51)52/h1-5,10H,6-9H2. The van der Waals surface area contributed by atoms with Gasteiger partial charge < -0.3 is 9.47 Å². The monoisotopic (exact) mass is 884 g/mol. The zero-order valence-electron chi connectivity index (χ0n) is 25.8. The lowest BCUT2D eigenvalue weighted by atomic mass is 9.93. The van der Waals surface area contributed by atoms with E-state index in [0.29, 0.717) is 0 Å². The van der Waals surface area contributed by atoms with Gasteiger partial charge in [0.15, 0.2) is 0 Å². The van der Waals surface area contributed by atoms with E-state index in [-0.39, 0.29) is 6.08 Å². The molecule has 324 valence electrons. The van der Waals surface area contributed by atoms with Gasteiger partial charge in [-0.2, -0.15) is 114 Å². The average Bonchev–Trinajstić information content (AvgIpc) is 3.01. The summed E-state index contributed by atoms with van der Waals surface area (Å²) in [5, 5.41) is 0. The Labute approximate surface area is 291 Å². The Balaban J connectivity index is 3.33. The second-order valence-corrected chi connectivity index (χ2v) is 10.7. The van der Waals surface area contributed by atoms with Crippen LogP contribution in [0.15, 0.2) is 35.9 Å². The summed E-state index contributed by atoms with van der Waals surface area (Å²) in [7, 11) is 0. The summed E-state index contributed by atoms with van der Waals surface area (Å²) in [6.07, 6.45) is -21.8. The van der Waals surface area contributed by atoms with Crippen LogP contribution in [0.1, 0.15) is 18.4 Å². The van der Waals surface area contributed by atoms with Crippen LogP contribution in [0.4, 0.5) is 114 Å². The van der Waals surface area contributed by atoms with E-state index in [9.17, 15) is 124 Å². The van der Waals surface area contributed by atoms with Gasteiger partial charge in [-0.05, 0) is 11.6 Å². The lowest BCUT2D eigenvalue weighted by Crippen LogP contribution is -2.70. The molecule has 0 aliphatic heterocycles. The SMILES string of the molecule is O=C(OCCC(F)(F)C(F)(F)C(F)(F)C(F)(F)C(F)(F)C(F)(F)F)C(=Cc1ccccc1)C(=O)OCCC(F)(F)C(F)(F)C(F)(F)C(F)(F)C(F)(F)C(F)(F)F. The first-order valence-corrected chi connectivity index (χ1v) is 13.5. The molecule has 0 fully saturated rings. The summed E-state index contributed by atoms with van der Waals surface area (Å²) < 4.78 is 352. The van der Waals surface area contributed by atoms with Gasteiger partial charge in [-0.15, -0.1) is 0 Å². The van der Waals surface area contributed by atoms with Crippen LogP contribution >= 0.6 is 0 Å². The fourth-order valence-electron chi connectivity index (χ4n) is 3.53. The molecule has 0 saturated carbocycles. The molecule has 0 unspecified atom stereocenters. The van der Waals surface area contributed by atoms with Crippen molar-refractivity contribution in [2.45, 2.75) is 84.4 Å². The minimum absolute atomic E-state index is 0.117. The van der Waals surface area contributed by atoms with Gasteiger partial charge in [-0.1, -0.05) is 30.3 Å². The fourth-order valence-corrected chi connectivity index (χ4v) is 3.53. The fraction of sp³-hybridized carbons (Fsp3) is 0.615. The highest BCUT2D eigenvalue weighted by atomic mass is 19.4. The van der Waals surface area contributed by atoms with Crippen molar-refractivity contribution in [3.8, 4) is 0 Å². The van der Waals surface area contributed by atoms with E-state index in [1.807, 2.05) is 0 Å². The lowest BCUT2D eigenvalue weighted by molar-refractivity contribution is -0.440. The summed E-state index contributed by atoms with van der Waals surface area (Å²) >= 11 is 0. The highest BCUT2D eigenvalue weighted by molar-refractivity contribution is 6.17. The Morgan fingerprint density at radius 1 is 0.411 bits per heavy atom. The summed E-state index contributed by atoms with van der Waals surface area (Å²) in [4.78, 5) is 24.7. The zero-order chi connectivity index (χ0) is 44.8. The molecule has 0 spiro atoms. The third kappa shape index (κ3) is 8.37. The maximum atomic E-state index is 14.0. The van der Waals surface area contributed by atoms with Crippen LogP contribution < -0.4 is 0 Å². The van der Waals surface area contributed by atoms with E-state index < -0.39 is 121 Å². The van der Waals surface area contributed by atoms with E-state index >= 15 is 0 Å². The van der Waals surface area contributed by atoms with Crippen molar-refractivity contribution in [2.75, 3.05) is 13.2 Å². The first-order chi connectivity index (χ1) is 24.5. The molecular formula is C26H14F26O4.